The van der Waals surface area contributed by atoms with Gasteiger partial charge in [0.15, 0.2) is 0 Å². The van der Waals surface area contributed by atoms with E-state index in [1.54, 1.807) is 12.1 Å². The Kier molecular flexibility index (Phi) is 3.29. The van der Waals surface area contributed by atoms with Gasteiger partial charge in [-0.25, -0.2) is 0 Å². The van der Waals surface area contributed by atoms with Crippen LogP contribution in [0.5, 0.6) is 0 Å². The molecule has 1 atom stereocenters. The largest absolute Gasteiger partial charge is 0.285 e. The van der Waals surface area contributed by atoms with E-state index in [2.05, 4.69) is 6.92 Å². The minimum absolute atomic E-state index is 0.127. The fraction of sp³-hybridized carbons (Fsp3) is 0.300. The normalized spacial score (nSPS) is 13.9. The predicted octanol–water partition coefficient (Wildman–Crippen LogP) is 2.15. The van der Waals surface area contributed by atoms with Gasteiger partial charge in [-0.2, -0.15) is 8.42 Å². The van der Waals surface area contributed by atoms with Crippen molar-refractivity contribution < 1.29 is 13.0 Å². The highest BCUT2D eigenvalue weighted by Gasteiger charge is 2.22. The quantitative estimate of drug-likeness (QED) is 0.783. The van der Waals surface area contributed by atoms with Crippen molar-refractivity contribution in [1.82, 2.24) is 0 Å². The third-order valence-electron chi connectivity index (χ3n) is 2.07. The lowest BCUT2D eigenvalue weighted by atomic mass is 10.1. The van der Waals surface area contributed by atoms with E-state index in [1.165, 1.54) is 0 Å². The average molecular weight is 213 g/mol. The molecule has 0 aliphatic heterocycles. The van der Waals surface area contributed by atoms with Gasteiger partial charge < -0.3 is 0 Å². The van der Waals surface area contributed by atoms with E-state index >= 15 is 0 Å². The van der Waals surface area contributed by atoms with E-state index in [-0.39, 0.29) is 6.42 Å². The maximum absolute atomic E-state index is 11.0. The standard InChI is InChI=1S/C10H13O3S/c1-3-10(14(11,12)13)9-6-4-8(2)5-7-9/h4-7,10H,1,3H2,2H3,(H,11,12,13). The van der Waals surface area contributed by atoms with E-state index < -0.39 is 15.4 Å². The Morgan fingerprint density at radius 3 is 2.21 bits per heavy atom. The van der Waals surface area contributed by atoms with Crippen molar-refractivity contribution in [2.75, 3.05) is 0 Å². The van der Waals surface area contributed by atoms with E-state index in [4.69, 9.17) is 4.55 Å². The number of rotatable bonds is 3. The highest BCUT2D eigenvalue weighted by molar-refractivity contribution is 7.86. The topological polar surface area (TPSA) is 54.4 Å². The Labute approximate surface area is 84.5 Å². The number of aryl methyl sites for hydroxylation is 1. The molecule has 77 valence electrons. The van der Waals surface area contributed by atoms with Crippen LogP contribution >= 0.6 is 0 Å². The van der Waals surface area contributed by atoms with Gasteiger partial charge in [0.25, 0.3) is 10.1 Å². The highest BCUT2D eigenvalue weighted by atomic mass is 32.2. The van der Waals surface area contributed by atoms with Crippen LogP contribution in [-0.4, -0.2) is 13.0 Å². The van der Waals surface area contributed by atoms with Gasteiger partial charge in [0, 0.05) is 0 Å². The second kappa shape index (κ2) is 4.11. The fourth-order valence-electron chi connectivity index (χ4n) is 1.27. The Balaban J connectivity index is 3.08. The van der Waals surface area contributed by atoms with Crippen molar-refractivity contribution in [3.8, 4) is 0 Å². The molecule has 4 heteroatoms. The van der Waals surface area contributed by atoms with Gasteiger partial charge in [0.2, 0.25) is 0 Å². The van der Waals surface area contributed by atoms with Crippen molar-refractivity contribution >= 4 is 10.1 Å². The molecule has 1 radical (unpaired) electrons. The molecule has 0 saturated carbocycles. The van der Waals surface area contributed by atoms with Gasteiger partial charge in [-0.05, 0) is 18.9 Å². The summed E-state index contributed by atoms with van der Waals surface area (Å²) < 4.78 is 30.9. The summed E-state index contributed by atoms with van der Waals surface area (Å²) in [5.41, 5.74) is 1.63. The van der Waals surface area contributed by atoms with Crippen LogP contribution in [-0.2, 0) is 10.1 Å². The van der Waals surface area contributed by atoms with Crippen molar-refractivity contribution in [3.05, 3.63) is 42.3 Å². The van der Waals surface area contributed by atoms with Crippen molar-refractivity contribution in [2.45, 2.75) is 18.6 Å². The Hall–Kier alpha value is -0.870. The molecule has 0 fully saturated rings. The van der Waals surface area contributed by atoms with Crippen LogP contribution in [0.2, 0.25) is 0 Å². The SMILES string of the molecule is [CH2]CC(c1ccc(C)cc1)S(=O)(=O)O. The Morgan fingerprint density at radius 2 is 1.86 bits per heavy atom. The van der Waals surface area contributed by atoms with Gasteiger partial charge in [-0.1, -0.05) is 36.8 Å². The summed E-state index contributed by atoms with van der Waals surface area (Å²) in [5.74, 6) is 0. The summed E-state index contributed by atoms with van der Waals surface area (Å²) in [6.45, 7) is 5.43. The third kappa shape index (κ3) is 2.56. The molecule has 3 nitrogen and oxygen atoms in total. The zero-order chi connectivity index (χ0) is 10.8. The van der Waals surface area contributed by atoms with Crippen LogP contribution in [0.25, 0.3) is 0 Å². The van der Waals surface area contributed by atoms with E-state index in [1.807, 2.05) is 19.1 Å². The maximum Gasteiger partial charge on any atom is 0.271 e. The zero-order valence-electron chi connectivity index (χ0n) is 7.97. The molecule has 0 aromatic heterocycles. The van der Waals surface area contributed by atoms with E-state index in [0.29, 0.717) is 5.56 Å². The smallest absolute Gasteiger partial charge is 0.271 e. The maximum atomic E-state index is 11.0. The average Bonchev–Trinajstić information content (AvgIpc) is 2.07. The molecule has 14 heavy (non-hydrogen) atoms. The second-order valence-corrected chi connectivity index (χ2v) is 4.80. The van der Waals surface area contributed by atoms with Crippen molar-refractivity contribution in [1.29, 1.82) is 0 Å². The molecule has 1 N–H and O–H groups in total. The molecule has 0 amide bonds. The van der Waals surface area contributed by atoms with Crippen LogP contribution in [0.3, 0.4) is 0 Å². The van der Waals surface area contributed by atoms with Gasteiger partial charge in [-0.3, -0.25) is 4.55 Å². The predicted molar refractivity (Wildman–Crippen MR) is 55.4 cm³/mol. The van der Waals surface area contributed by atoms with Crippen LogP contribution in [0.4, 0.5) is 0 Å². The van der Waals surface area contributed by atoms with E-state index in [0.717, 1.165) is 5.56 Å². The van der Waals surface area contributed by atoms with Crippen LogP contribution in [0.1, 0.15) is 22.8 Å². The highest BCUT2D eigenvalue weighted by Crippen LogP contribution is 2.24. The van der Waals surface area contributed by atoms with E-state index in [9.17, 15) is 8.42 Å². The summed E-state index contributed by atoms with van der Waals surface area (Å²) in [6, 6.07) is 7.00. The molecule has 1 rings (SSSR count). The summed E-state index contributed by atoms with van der Waals surface area (Å²) in [5, 5.41) is -0.914. The van der Waals surface area contributed by atoms with Crippen LogP contribution in [0.15, 0.2) is 24.3 Å². The molecule has 1 aromatic carbocycles. The van der Waals surface area contributed by atoms with Gasteiger partial charge >= 0.3 is 0 Å². The Bertz CT molecular complexity index is 392. The lowest BCUT2D eigenvalue weighted by Crippen LogP contribution is -2.11. The molecule has 0 aliphatic rings. The fourth-order valence-corrected chi connectivity index (χ4v) is 2.07. The van der Waals surface area contributed by atoms with Gasteiger partial charge in [0.1, 0.15) is 5.25 Å². The molecule has 0 saturated heterocycles. The summed E-state index contributed by atoms with van der Waals surface area (Å²) in [7, 11) is -4.04. The first kappa shape index (κ1) is 11.2. The first-order chi connectivity index (χ1) is 6.45. The summed E-state index contributed by atoms with van der Waals surface area (Å²) >= 11 is 0. The number of benzene rings is 1. The van der Waals surface area contributed by atoms with Gasteiger partial charge in [0.05, 0.1) is 0 Å². The monoisotopic (exact) mass is 213 g/mol. The van der Waals surface area contributed by atoms with Crippen molar-refractivity contribution in [2.24, 2.45) is 0 Å². The molecular formula is C10H13O3S. The minimum atomic E-state index is -4.04. The zero-order valence-corrected chi connectivity index (χ0v) is 8.79. The second-order valence-electron chi connectivity index (χ2n) is 3.20. The first-order valence-corrected chi connectivity index (χ1v) is 5.77. The summed E-state index contributed by atoms with van der Waals surface area (Å²) in [4.78, 5) is 0. The molecule has 0 aliphatic carbocycles. The van der Waals surface area contributed by atoms with Crippen LogP contribution < -0.4 is 0 Å². The summed E-state index contributed by atoms with van der Waals surface area (Å²) in [6.07, 6.45) is 0.127. The Morgan fingerprint density at radius 1 is 1.36 bits per heavy atom. The molecule has 0 heterocycles. The molecule has 1 aromatic rings. The molecule has 0 spiro atoms. The van der Waals surface area contributed by atoms with Crippen molar-refractivity contribution in [3.63, 3.8) is 0 Å². The minimum Gasteiger partial charge on any atom is -0.285 e. The molecular weight excluding hydrogens is 200 g/mol. The lowest BCUT2D eigenvalue weighted by molar-refractivity contribution is 0.468. The van der Waals surface area contributed by atoms with Gasteiger partial charge in [-0.15, -0.1) is 0 Å². The van der Waals surface area contributed by atoms with Crippen LogP contribution in [0, 0.1) is 13.8 Å². The number of hydrogen-bond donors (Lipinski definition) is 1. The third-order valence-corrected chi connectivity index (χ3v) is 3.30. The molecule has 1 unspecified atom stereocenters. The lowest BCUT2D eigenvalue weighted by Gasteiger charge is -2.11. The molecule has 0 bridgehead atoms. The number of hydrogen-bond acceptors (Lipinski definition) is 2. The first-order valence-electron chi connectivity index (χ1n) is 4.27.